The first-order chi connectivity index (χ1) is 10.8. The van der Waals surface area contributed by atoms with Gasteiger partial charge in [0.15, 0.2) is 0 Å². The summed E-state index contributed by atoms with van der Waals surface area (Å²) in [5.74, 6) is 1.74. The highest BCUT2D eigenvalue weighted by atomic mass is 16.1. The van der Waals surface area contributed by atoms with E-state index in [0.717, 1.165) is 23.3 Å². The number of nitrogens with zero attached hydrogens (tertiary/aromatic N) is 2. The lowest BCUT2D eigenvalue weighted by atomic mass is 10.1. The maximum Gasteiger partial charge on any atom is 0.251 e. The highest BCUT2D eigenvalue weighted by Crippen LogP contribution is 2.38. The number of amides is 1. The Bertz CT molecular complexity index is 813. The third-order valence-electron chi connectivity index (χ3n) is 4.15. The van der Waals surface area contributed by atoms with Crippen molar-refractivity contribution in [1.29, 1.82) is 0 Å². The van der Waals surface area contributed by atoms with Crippen molar-refractivity contribution in [3.8, 4) is 0 Å². The Morgan fingerprint density at radius 1 is 1.36 bits per heavy atom. The number of benzene rings is 1. The van der Waals surface area contributed by atoms with E-state index in [1.54, 1.807) is 0 Å². The van der Waals surface area contributed by atoms with E-state index in [-0.39, 0.29) is 5.91 Å². The van der Waals surface area contributed by atoms with Crippen LogP contribution in [-0.2, 0) is 6.54 Å². The van der Waals surface area contributed by atoms with E-state index in [1.807, 2.05) is 42.9 Å². The molecule has 0 aliphatic heterocycles. The van der Waals surface area contributed by atoms with Crippen molar-refractivity contribution in [3.63, 3.8) is 0 Å². The van der Waals surface area contributed by atoms with Crippen molar-refractivity contribution < 1.29 is 4.79 Å². The summed E-state index contributed by atoms with van der Waals surface area (Å²) in [5, 5.41) is 4.09. The van der Waals surface area contributed by atoms with Crippen molar-refractivity contribution in [3.05, 3.63) is 54.2 Å². The lowest BCUT2D eigenvalue weighted by Gasteiger charge is -2.09. The molecule has 1 aliphatic rings. The Hall–Kier alpha value is -2.56. The third-order valence-corrected chi connectivity index (χ3v) is 4.15. The normalized spacial score (nSPS) is 14.4. The smallest absolute Gasteiger partial charge is 0.251 e. The molecule has 2 aromatic heterocycles. The van der Waals surface area contributed by atoms with Gasteiger partial charge in [-0.15, -0.1) is 0 Å². The molecule has 22 heavy (non-hydrogen) atoms. The van der Waals surface area contributed by atoms with Gasteiger partial charge in [-0.1, -0.05) is 6.07 Å². The number of rotatable bonds is 5. The molecule has 1 amide bonds. The molecule has 2 heterocycles. The van der Waals surface area contributed by atoms with Crippen LogP contribution < -0.4 is 5.32 Å². The maximum atomic E-state index is 12.2. The van der Waals surface area contributed by atoms with Gasteiger partial charge < -0.3 is 14.9 Å². The first-order valence-corrected chi connectivity index (χ1v) is 7.67. The van der Waals surface area contributed by atoms with E-state index in [0.29, 0.717) is 18.0 Å². The zero-order valence-corrected chi connectivity index (χ0v) is 12.2. The van der Waals surface area contributed by atoms with Crippen molar-refractivity contribution in [2.75, 3.05) is 6.54 Å². The predicted molar refractivity (Wildman–Crippen MR) is 84.8 cm³/mol. The minimum atomic E-state index is -0.0374. The molecule has 0 unspecified atom stereocenters. The first-order valence-electron chi connectivity index (χ1n) is 7.67. The van der Waals surface area contributed by atoms with Crippen LogP contribution in [0.25, 0.3) is 10.9 Å². The van der Waals surface area contributed by atoms with Gasteiger partial charge in [0, 0.05) is 48.7 Å². The van der Waals surface area contributed by atoms with Crippen molar-refractivity contribution in [2.24, 2.45) is 0 Å². The van der Waals surface area contributed by atoms with E-state index in [9.17, 15) is 4.79 Å². The summed E-state index contributed by atoms with van der Waals surface area (Å²) in [5.41, 5.74) is 1.67. The van der Waals surface area contributed by atoms with Gasteiger partial charge in [-0.2, -0.15) is 0 Å². The summed E-state index contributed by atoms with van der Waals surface area (Å²) in [6.07, 6.45) is 8.18. The average Bonchev–Trinajstić information content (AvgIpc) is 3.09. The molecule has 5 nitrogen and oxygen atoms in total. The van der Waals surface area contributed by atoms with Crippen LogP contribution in [0, 0.1) is 0 Å². The molecule has 3 aromatic rings. The number of carbonyl (C=O) groups excluding carboxylic acids is 1. The average molecular weight is 294 g/mol. The Balaban J connectivity index is 1.38. The van der Waals surface area contributed by atoms with Crippen LogP contribution in [0.3, 0.4) is 0 Å². The van der Waals surface area contributed by atoms with Gasteiger partial charge in [-0.05, 0) is 36.4 Å². The number of nitrogens with one attached hydrogen (secondary N) is 2. The van der Waals surface area contributed by atoms with Crippen molar-refractivity contribution in [1.82, 2.24) is 19.9 Å². The monoisotopic (exact) mass is 294 g/mol. The molecule has 1 saturated carbocycles. The Kier molecular flexibility index (Phi) is 3.18. The zero-order valence-electron chi connectivity index (χ0n) is 12.2. The maximum absolute atomic E-state index is 12.2. The summed E-state index contributed by atoms with van der Waals surface area (Å²) in [4.78, 5) is 19.8. The van der Waals surface area contributed by atoms with Gasteiger partial charge in [0.1, 0.15) is 5.82 Å². The second kappa shape index (κ2) is 5.33. The van der Waals surface area contributed by atoms with Crippen LogP contribution in [0.1, 0.15) is 34.9 Å². The minimum absolute atomic E-state index is 0.0374. The van der Waals surface area contributed by atoms with Crippen molar-refractivity contribution in [2.45, 2.75) is 25.3 Å². The summed E-state index contributed by atoms with van der Waals surface area (Å²) in [7, 11) is 0. The van der Waals surface area contributed by atoms with Gasteiger partial charge >= 0.3 is 0 Å². The summed E-state index contributed by atoms with van der Waals surface area (Å²) in [6.45, 7) is 1.37. The molecule has 0 radical (unpaired) electrons. The second-order valence-corrected chi connectivity index (χ2v) is 5.79. The number of hydrogen-bond acceptors (Lipinski definition) is 2. The van der Waals surface area contributed by atoms with Gasteiger partial charge in [0.25, 0.3) is 5.91 Å². The van der Waals surface area contributed by atoms with Crippen LogP contribution in [0.15, 0.2) is 42.9 Å². The van der Waals surface area contributed by atoms with Crippen LogP contribution >= 0.6 is 0 Å². The molecule has 5 heteroatoms. The van der Waals surface area contributed by atoms with Gasteiger partial charge in [0.2, 0.25) is 0 Å². The first kappa shape index (κ1) is 13.1. The summed E-state index contributed by atoms with van der Waals surface area (Å²) >= 11 is 0. The lowest BCUT2D eigenvalue weighted by molar-refractivity contribution is 0.0952. The fourth-order valence-corrected chi connectivity index (χ4v) is 2.79. The zero-order chi connectivity index (χ0) is 14.9. The van der Waals surface area contributed by atoms with Crippen molar-refractivity contribution >= 4 is 16.8 Å². The quantitative estimate of drug-likeness (QED) is 0.760. The number of hydrogen-bond donors (Lipinski definition) is 2. The molecule has 0 spiro atoms. The molecule has 0 atom stereocenters. The molecule has 112 valence electrons. The van der Waals surface area contributed by atoms with Gasteiger partial charge in [-0.25, -0.2) is 4.98 Å². The topological polar surface area (TPSA) is 62.7 Å². The van der Waals surface area contributed by atoms with E-state index >= 15 is 0 Å². The molecule has 1 aliphatic carbocycles. The van der Waals surface area contributed by atoms with E-state index in [4.69, 9.17) is 0 Å². The summed E-state index contributed by atoms with van der Waals surface area (Å²) < 4.78 is 2.14. The largest absolute Gasteiger partial charge is 0.361 e. The van der Waals surface area contributed by atoms with Crippen LogP contribution in [0.5, 0.6) is 0 Å². The molecule has 0 saturated heterocycles. The van der Waals surface area contributed by atoms with Crippen LogP contribution in [0.4, 0.5) is 0 Å². The number of H-pyrrole nitrogens is 1. The number of aromatic amines is 1. The molecule has 1 aromatic carbocycles. The standard InChI is InChI=1S/C17H18N4O/c22-17(14-4-1-12-5-6-18-15(12)11-14)20-8-10-21-9-7-19-16(21)13-2-3-13/h1,4-7,9,11,13,18H,2-3,8,10H2,(H,20,22). The second-order valence-electron chi connectivity index (χ2n) is 5.79. The minimum Gasteiger partial charge on any atom is -0.361 e. The fraction of sp³-hybridized carbons (Fsp3) is 0.294. The molecule has 1 fully saturated rings. The number of fused-ring (bicyclic) bond motifs is 1. The molecule has 4 rings (SSSR count). The number of imidazole rings is 1. The van der Waals surface area contributed by atoms with E-state index < -0.39 is 0 Å². The van der Waals surface area contributed by atoms with Gasteiger partial charge in [0.05, 0.1) is 0 Å². The Labute approximate surface area is 128 Å². The molecular weight excluding hydrogens is 276 g/mol. The fourth-order valence-electron chi connectivity index (χ4n) is 2.79. The lowest BCUT2D eigenvalue weighted by Crippen LogP contribution is -2.27. The number of carbonyl (C=O) groups is 1. The number of aromatic nitrogens is 3. The third kappa shape index (κ3) is 2.50. The Morgan fingerprint density at radius 2 is 2.27 bits per heavy atom. The highest BCUT2D eigenvalue weighted by Gasteiger charge is 2.27. The van der Waals surface area contributed by atoms with Crippen LogP contribution in [0.2, 0.25) is 0 Å². The highest BCUT2D eigenvalue weighted by molar-refractivity contribution is 5.97. The predicted octanol–water partition coefficient (Wildman–Crippen LogP) is 2.67. The molecule has 0 bridgehead atoms. The summed E-state index contributed by atoms with van der Waals surface area (Å²) in [6, 6.07) is 7.70. The molecular formula is C17H18N4O. The van der Waals surface area contributed by atoms with Gasteiger partial charge in [-0.3, -0.25) is 4.79 Å². The van der Waals surface area contributed by atoms with E-state index in [1.165, 1.54) is 12.8 Å². The van der Waals surface area contributed by atoms with E-state index in [2.05, 4.69) is 19.9 Å². The SMILES string of the molecule is O=C(NCCn1ccnc1C1CC1)c1ccc2cc[nH]c2c1. The van der Waals surface area contributed by atoms with Crippen LogP contribution in [-0.4, -0.2) is 27.0 Å². The molecule has 2 N–H and O–H groups in total. The Morgan fingerprint density at radius 3 is 3.14 bits per heavy atom.